The average Bonchev–Trinajstić information content (AvgIpc) is 3.43. The van der Waals surface area contributed by atoms with E-state index in [1.807, 2.05) is 59.3 Å². The summed E-state index contributed by atoms with van der Waals surface area (Å²) in [4.78, 5) is 22.2. The zero-order chi connectivity index (χ0) is 22.4. The van der Waals surface area contributed by atoms with Crippen LogP contribution in [0.25, 0.3) is 28.2 Å². The van der Waals surface area contributed by atoms with Crippen LogP contribution in [0.15, 0.2) is 77.9 Å². The normalized spacial score (nSPS) is 14.3. The number of nitrogens with zero attached hydrogens (tertiary/aromatic N) is 4. The Morgan fingerprint density at radius 2 is 1.94 bits per heavy atom. The molecule has 0 radical (unpaired) electrons. The van der Waals surface area contributed by atoms with Crippen LogP contribution in [0.4, 0.5) is 0 Å². The van der Waals surface area contributed by atoms with Crippen LogP contribution < -0.4 is 10.3 Å². The van der Waals surface area contributed by atoms with Crippen LogP contribution in [0.1, 0.15) is 23.5 Å². The molecule has 0 unspecified atom stereocenters. The summed E-state index contributed by atoms with van der Waals surface area (Å²) in [5, 5.41) is 1.10. The SMILES string of the molecule is O=c1c2cc(Cl)ccc2nc2n1CC/C2=C/c1ccc(OCc2cn3ccccc3n2)cc1. The van der Waals surface area contributed by atoms with Gasteiger partial charge in [-0.05, 0) is 66.1 Å². The first-order valence-corrected chi connectivity index (χ1v) is 11.1. The van der Waals surface area contributed by atoms with Crippen molar-refractivity contribution in [2.45, 2.75) is 19.6 Å². The minimum atomic E-state index is -0.0448. The van der Waals surface area contributed by atoms with Crippen molar-refractivity contribution < 1.29 is 4.74 Å². The molecular weight excluding hydrogens is 436 g/mol. The number of ether oxygens (including phenoxy) is 1. The maximum absolute atomic E-state index is 12.9. The van der Waals surface area contributed by atoms with Crippen molar-refractivity contribution in [3.05, 3.63) is 106 Å². The number of rotatable bonds is 4. The lowest BCUT2D eigenvalue weighted by Crippen LogP contribution is -2.20. The van der Waals surface area contributed by atoms with E-state index in [1.165, 1.54) is 0 Å². The fraction of sp³-hybridized carbons (Fsp3) is 0.115. The molecule has 1 aliphatic heterocycles. The standard InChI is InChI=1S/C26H19ClN4O2/c27-19-6-9-23-22(14-19)26(32)31-12-10-18(25(31)29-23)13-17-4-7-21(8-5-17)33-16-20-15-30-11-2-1-3-24(30)28-20/h1-9,11,13-15H,10,12,16H2/b18-13-. The Morgan fingerprint density at radius 3 is 2.79 bits per heavy atom. The Morgan fingerprint density at radius 1 is 1.06 bits per heavy atom. The largest absolute Gasteiger partial charge is 0.487 e. The molecule has 0 spiro atoms. The molecule has 0 bridgehead atoms. The van der Waals surface area contributed by atoms with E-state index in [0.29, 0.717) is 29.1 Å². The van der Waals surface area contributed by atoms with Gasteiger partial charge in [-0.2, -0.15) is 0 Å². The molecule has 0 N–H and O–H groups in total. The van der Waals surface area contributed by atoms with E-state index in [9.17, 15) is 4.79 Å². The minimum Gasteiger partial charge on any atom is -0.487 e. The van der Waals surface area contributed by atoms with Gasteiger partial charge in [0.2, 0.25) is 0 Å². The van der Waals surface area contributed by atoms with Gasteiger partial charge in [-0.3, -0.25) is 9.36 Å². The lowest BCUT2D eigenvalue weighted by Gasteiger charge is -2.06. The van der Waals surface area contributed by atoms with Crippen LogP contribution in [-0.2, 0) is 13.2 Å². The van der Waals surface area contributed by atoms with E-state index in [2.05, 4.69) is 11.1 Å². The summed E-state index contributed by atoms with van der Waals surface area (Å²) >= 11 is 6.06. The summed E-state index contributed by atoms with van der Waals surface area (Å²) in [6.07, 6.45) is 6.78. The smallest absolute Gasteiger partial charge is 0.261 e. The molecule has 3 aromatic heterocycles. The molecule has 5 aromatic rings. The minimum absolute atomic E-state index is 0.0448. The highest BCUT2D eigenvalue weighted by Gasteiger charge is 2.21. The summed E-state index contributed by atoms with van der Waals surface area (Å²) in [5.74, 6) is 1.50. The average molecular weight is 455 g/mol. The third-order valence-electron chi connectivity index (χ3n) is 5.83. The second-order valence-electron chi connectivity index (χ2n) is 8.03. The van der Waals surface area contributed by atoms with Gasteiger partial charge in [0.05, 0.1) is 16.6 Å². The Kier molecular flexibility index (Phi) is 4.73. The number of aromatic nitrogens is 4. The first kappa shape index (κ1) is 19.8. The first-order chi connectivity index (χ1) is 16.1. The summed E-state index contributed by atoms with van der Waals surface area (Å²) in [5.41, 5.74) is 4.47. The molecule has 0 saturated carbocycles. The fourth-order valence-corrected chi connectivity index (χ4v) is 4.37. The topological polar surface area (TPSA) is 61.4 Å². The molecule has 33 heavy (non-hydrogen) atoms. The van der Waals surface area contributed by atoms with Crippen molar-refractivity contribution in [2.24, 2.45) is 0 Å². The van der Waals surface area contributed by atoms with Gasteiger partial charge >= 0.3 is 0 Å². The van der Waals surface area contributed by atoms with Crippen LogP contribution in [0.2, 0.25) is 5.02 Å². The van der Waals surface area contributed by atoms with Gasteiger partial charge in [0.1, 0.15) is 23.8 Å². The Balaban J connectivity index is 1.22. The second-order valence-corrected chi connectivity index (χ2v) is 8.47. The summed E-state index contributed by atoms with van der Waals surface area (Å²) < 4.78 is 9.62. The number of allylic oxidation sites excluding steroid dienone is 1. The molecule has 1 aliphatic rings. The molecule has 7 heteroatoms. The number of halogens is 1. The van der Waals surface area contributed by atoms with E-state index in [-0.39, 0.29) is 5.56 Å². The molecule has 0 aliphatic carbocycles. The highest BCUT2D eigenvalue weighted by atomic mass is 35.5. The first-order valence-electron chi connectivity index (χ1n) is 10.7. The Hall–Kier alpha value is -3.90. The number of imidazole rings is 1. The van der Waals surface area contributed by atoms with Crippen molar-refractivity contribution in [1.29, 1.82) is 0 Å². The fourth-order valence-electron chi connectivity index (χ4n) is 4.20. The van der Waals surface area contributed by atoms with E-state index >= 15 is 0 Å². The number of pyridine rings is 1. The van der Waals surface area contributed by atoms with E-state index in [1.54, 1.807) is 22.8 Å². The molecule has 6 rings (SSSR count). The highest BCUT2D eigenvalue weighted by molar-refractivity contribution is 6.31. The van der Waals surface area contributed by atoms with Crippen LogP contribution in [0, 0.1) is 0 Å². The van der Waals surface area contributed by atoms with Gasteiger partial charge in [0.25, 0.3) is 5.56 Å². The summed E-state index contributed by atoms with van der Waals surface area (Å²) in [6, 6.07) is 19.1. The summed E-state index contributed by atoms with van der Waals surface area (Å²) in [7, 11) is 0. The van der Waals surface area contributed by atoms with Crippen LogP contribution >= 0.6 is 11.6 Å². The Labute approximate surface area is 194 Å². The molecule has 6 nitrogen and oxygen atoms in total. The second kappa shape index (κ2) is 7.90. The molecule has 0 fully saturated rings. The monoisotopic (exact) mass is 454 g/mol. The third kappa shape index (κ3) is 3.68. The predicted octanol–water partition coefficient (Wildman–Crippen LogP) is 5.22. The maximum atomic E-state index is 12.9. The van der Waals surface area contributed by atoms with Crippen molar-refractivity contribution in [3.63, 3.8) is 0 Å². The molecule has 4 heterocycles. The van der Waals surface area contributed by atoms with Crippen molar-refractivity contribution in [1.82, 2.24) is 18.9 Å². The molecule has 0 atom stereocenters. The van der Waals surface area contributed by atoms with Gasteiger partial charge in [-0.25, -0.2) is 9.97 Å². The van der Waals surface area contributed by atoms with E-state index < -0.39 is 0 Å². The van der Waals surface area contributed by atoms with Crippen molar-refractivity contribution >= 4 is 39.8 Å². The maximum Gasteiger partial charge on any atom is 0.261 e. The van der Waals surface area contributed by atoms with E-state index in [4.69, 9.17) is 21.3 Å². The number of hydrogen-bond acceptors (Lipinski definition) is 4. The molecule has 0 amide bonds. The number of hydrogen-bond donors (Lipinski definition) is 0. The van der Waals surface area contributed by atoms with Gasteiger partial charge in [0.15, 0.2) is 0 Å². The van der Waals surface area contributed by atoms with Crippen molar-refractivity contribution in [3.8, 4) is 5.75 Å². The zero-order valence-corrected chi connectivity index (χ0v) is 18.4. The van der Waals surface area contributed by atoms with Crippen LogP contribution in [0.3, 0.4) is 0 Å². The molecule has 2 aromatic carbocycles. The third-order valence-corrected chi connectivity index (χ3v) is 6.06. The number of benzene rings is 2. The van der Waals surface area contributed by atoms with Gasteiger partial charge in [-0.1, -0.05) is 29.8 Å². The van der Waals surface area contributed by atoms with Crippen molar-refractivity contribution in [2.75, 3.05) is 0 Å². The quantitative estimate of drug-likeness (QED) is 0.373. The van der Waals surface area contributed by atoms with Gasteiger partial charge in [0, 0.05) is 24.0 Å². The predicted molar refractivity (Wildman–Crippen MR) is 129 cm³/mol. The van der Waals surface area contributed by atoms with Gasteiger partial charge in [-0.15, -0.1) is 0 Å². The highest BCUT2D eigenvalue weighted by Crippen LogP contribution is 2.28. The lowest BCUT2D eigenvalue weighted by atomic mass is 10.1. The van der Waals surface area contributed by atoms with Crippen LogP contribution in [-0.4, -0.2) is 18.9 Å². The summed E-state index contributed by atoms with van der Waals surface area (Å²) in [6.45, 7) is 1.02. The molecular formula is C26H19ClN4O2. The number of fused-ring (bicyclic) bond motifs is 3. The lowest BCUT2D eigenvalue weighted by molar-refractivity contribution is 0.302. The molecule has 0 saturated heterocycles. The van der Waals surface area contributed by atoms with E-state index in [0.717, 1.165) is 40.5 Å². The Bertz CT molecular complexity index is 1570. The van der Waals surface area contributed by atoms with Crippen LogP contribution in [0.5, 0.6) is 5.75 Å². The zero-order valence-electron chi connectivity index (χ0n) is 17.6. The van der Waals surface area contributed by atoms with Gasteiger partial charge < -0.3 is 9.14 Å². The molecule has 162 valence electrons.